The third-order valence-electron chi connectivity index (χ3n) is 9.68. The number of hydrogen-bond acceptors (Lipinski definition) is 9. The predicted molar refractivity (Wildman–Crippen MR) is 199 cm³/mol. The van der Waals surface area contributed by atoms with Crippen LogP contribution in [0.1, 0.15) is 89.7 Å². The van der Waals surface area contributed by atoms with Crippen LogP contribution < -0.4 is 11.5 Å². The van der Waals surface area contributed by atoms with E-state index in [1.165, 1.54) is 5.56 Å². The number of benzene rings is 2. The second kappa shape index (κ2) is 12.8. The lowest BCUT2D eigenvalue weighted by molar-refractivity contribution is -0.199. The Balaban J connectivity index is 1.30. The summed E-state index contributed by atoms with van der Waals surface area (Å²) in [5.74, 6) is 12.7. The standard InChI is InChI=1S/C39H48N6O4Si/c1-37(2,3)27-20-17-26(18-21-27)16-13-24-11-14-25(15-12-24)19-22-29-42-30-33(40)43-36(41)44-34(30)45(29)35-32-31(48-39(7,8)49-32)28(47-35)23-46-50(9,10)38(4,5)6/h11-12,14-15,17-18,20-21,28,31-32,35H,23H2,1-10H3,(H4,40,41,43,44)/t28-,31-,32-,35-/m1/s1. The molecule has 0 bridgehead atoms. The van der Waals surface area contributed by atoms with Gasteiger partial charge in [0.1, 0.15) is 18.3 Å². The van der Waals surface area contributed by atoms with Gasteiger partial charge in [-0.25, -0.2) is 4.98 Å². The minimum atomic E-state index is -2.08. The van der Waals surface area contributed by atoms with Crippen LogP contribution in [0.25, 0.3) is 11.2 Å². The third-order valence-corrected chi connectivity index (χ3v) is 14.2. The number of imidazole rings is 1. The first-order valence-corrected chi connectivity index (χ1v) is 19.9. The van der Waals surface area contributed by atoms with Crippen LogP contribution in [0.15, 0.2) is 48.5 Å². The van der Waals surface area contributed by atoms with Crippen LogP contribution in [0, 0.1) is 23.7 Å². The lowest BCUT2D eigenvalue weighted by Crippen LogP contribution is -2.44. The smallest absolute Gasteiger partial charge is 0.224 e. The van der Waals surface area contributed by atoms with Gasteiger partial charge in [0.05, 0.1) is 6.61 Å². The molecule has 0 unspecified atom stereocenters. The highest BCUT2D eigenvalue weighted by Gasteiger charge is 2.57. The topological polar surface area (TPSA) is 133 Å². The number of nitrogens with two attached hydrogens (primary N) is 2. The number of rotatable bonds is 4. The van der Waals surface area contributed by atoms with E-state index >= 15 is 0 Å². The second-order valence-electron chi connectivity index (χ2n) is 16.1. The summed E-state index contributed by atoms with van der Waals surface area (Å²) in [6.45, 7) is 21.8. The molecule has 0 amide bonds. The first kappa shape index (κ1) is 35.6. The molecule has 2 aromatic carbocycles. The van der Waals surface area contributed by atoms with Crippen LogP contribution in [-0.4, -0.2) is 58.5 Å². The van der Waals surface area contributed by atoms with E-state index in [-0.39, 0.29) is 28.3 Å². The van der Waals surface area contributed by atoms with Crippen LogP contribution in [0.4, 0.5) is 11.8 Å². The molecular formula is C39H48N6O4Si. The quantitative estimate of drug-likeness (QED) is 0.181. The first-order chi connectivity index (χ1) is 23.3. The molecule has 6 rings (SSSR count). The van der Waals surface area contributed by atoms with Gasteiger partial charge in [0.2, 0.25) is 5.95 Å². The average molecular weight is 693 g/mol. The molecule has 0 radical (unpaired) electrons. The number of aromatic nitrogens is 4. The zero-order valence-electron chi connectivity index (χ0n) is 30.7. The first-order valence-electron chi connectivity index (χ1n) is 17.0. The van der Waals surface area contributed by atoms with Gasteiger partial charge in [-0.1, -0.05) is 71.4 Å². The van der Waals surface area contributed by atoms with Crippen LogP contribution in [0.5, 0.6) is 0 Å². The van der Waals surface area contributed by atoms with Crippen molar-refractivity contribution in [1.29, 1.82) is 0 Å². The van der Waals surface area contributed by atoms with Gasteiger partial charge in [0.25, 0.3) is 0 Å². The van der Waals surface area contributed by atoms with Crippen molar-refractivity contribution in [3.8, 4) is 23.7 Å². The fourth-order valence-corrected chi connectivity index (χ4v) is 6.83. The summed E-state index contributed by atoms with van der Waals surface area (Å²) in [5.41, 5.74) is 17.2. The van der Waals surface area contributed by atoms with Crippen molar-refractivity contribution in [2.24, 2.45) is 0 Å². The highest BCUT2D eigenvalue weighted by Crippen LogP contribution is 2.45. The average Bonchev–Trinajstić information content (AvgIpc) is 3.65. The Morgan fingerprint density at radius 3 is 1.90 bits per heavy atom. The number of ether oxygens (including phenoxy) is 3. The molecule has 0 aliphatic carbocycles. The van der Waals surface area contributed by atoms with Crippen molar-refractivity contribution >= 4 is 31.2 Å². The van der Waals surface area contributed by atoms with E-state index in [0.717, 1.165) is 16.7 Å². The Hall–Kier alpha value is -4.23. The van der Waals surface area contributed by atoms with Crippen LogP contribution in [0.2, 0.25) is 18.1 Å². The molecule has 11 heteroatoms. The van der Waals surface area contributed by atoms with Gasteiger partial charge < -0.3 is 30.1 Å². The molecule has 2 aliphatic rings. The van der Waals surface area contributed by atoms with Gasteiger partial charge in [-0.3, -0.25) is 4.57 Å². The van der Waals surface area contributed by atoms with E-state index in [1.807, 2.05) is 38.1 Å². The maximum absolute atomic E-state index is 6.70. The molecule has 10 nitrogen and oxygen atoms in total. The molecule has 4 aromatic rings. The molecule has 0 saturated carbocycles. The molecule has 4 N–H and O–H groups in total. The minimum absolute atomic E-state index is 0.0220. The summed E-state index contributed by atoms with van der Waals surface area (Å²) in [6, 6.07) is 16.2. The molecule has 2 aromatic heterocycles. The number of nitrogens with zero attached hydrogens (tertiary/aromatic N) is 4. The molecule has 2 aliphatic heterocycles. The number of anilines is 2. The van der Waals surface area contributed by atoms with E-state index in [2.05, 4.69) is 113 Å². The van der Waals surface area contributed by atoms with Crippen molar-refractivity contribution in [2.75, 3.05) is 18.1 Å². The van der Waals surface area contributed by atoms with Crippen molar-refractivity contribution in [1.82, 2.24) is 19.5 Å². The van der Waals surface area contributed by atoms with Gasteiger partial charge in [-0.15, -0.1) is 0 Å². The molecule has 0 spiro atoms. The Morgan fingerprint density at radius 1 is 0.800 bits per heavy atom. The van der Waals surface area contributed by atoms with Gasteiger partial charge in [-0.05, 0) is 85.3 Å². The maximum atomic E-state index is 6.70. The molecular weight excluding hydrogens is 645 g/mol. The van der Waals surface area contributed by atoms with E-state index < -0.39 is 32.5 Å². The monoisotopic (exact) mass is 692 g/mol. The lowest BCUT2D eigenvalue weighted by atomic mass is 9.87. The third kappa shape index (κ3) is 7.29. The van der Waals surface area contributed by atoms with Gasteiger partial charge in [0.15, 0.2) is 43.1 Å². The van der Waals surface area contributed by atoms with Gasteiger partial charge in [-0.2, -0.15) is 9.97 Å². The van der Waals surface area contributed by atoms with Crippen LogP contribution in [-0.2, 0) is 24.1 Å². The lowest BCUT2D eigenvalue weighted by Gasteiger charge is -2.37. The molecule has 2 fully saturated rings. The Kier molecular flexibility index (Phi) is 9.13. The predicted octanol–water partition coefficient (Wildman–Crippen LogP) is 6.53. The summed E-state index contributed by atoms with van der Waals surface area (Å²) in [4.78, 5) is 13.4. The fourth-order valence-electron chi connectivity index (χ4n) is 5.81. The summed E-state index contributed by atoms with van der Waals surface area (Å²) in [5, 5.41) is 0.0368. The van der Waals surface area contributed by atoms with Crippen molar-refractivity contribution in [2.45, 2.75) is 109 Å². The molecule has 262 valence electrons. The van der Waals surface area contributed by atoms with Crippen LogP contribution in [0.3, 0.4) is 0 Å². The Morgan fingerprint density at radius 2 is 1.34 bits per heavy atom. The molecule has 50 heavy (non-hydrogen) atoms. The molecule has 2 saturated heterocycles. The normalized spacial score (nSPS) is 21.7. The van der Waals surface area contributed by atoms with Crippen LogP contribution >= 0.6 is 0 Å². The second-order valence-corrected chi connectivity index (χ2v) is 20.9. The number of hydrogen-bond donors (Lipinski definition) is 2. The van der Waals surface area contributed by atoms with Crippen molar-refractivity contribution in [3.05, 3.63) is 76.6 Å². The van der Waals surface area contributed by atoms with Crippen molar-refractivity contribution < 1.29 is 18.6 Å². The zero-order valence-corrected chi connectivity index (χ0v) is 31.7. The van der Waals surface area contributed by atoms with Crippen molar-refractivity contribution in [3.63, 3.8) is 0 Å². The molecule has 4 heterocycles. The highest BCUT2D eigenvalue weighted by atomic mass is 28.4. The zero-order chi connectivity index (χ0) is 36.2. The Labute approximate surface area is 296 Å². The summed E-state index contributed by atoms with van der Waals surface area (Å²) < 4.78 is 27.9. The van der Waals surface area contributed by atoms with Gasteiger partial charge in [0, 0.05) is 16.7 Å². The Bertz CT molecular complexity index is 2020. The summed E-state index contributed by atoms with van der Waals surface area (Å²) in [7, 11) is -2.08. The maximum Gasteiger partial charge on any atom is 0.224 e. The van der Waals surface area contributed by atoms with E-state index in [4.69, 9.17) is 35.1 Å². The van der Waals surface area contributed by atoms with E-state index in [1.54, 1.807) is 4.57 Å². The summed E-state index contributed by atoms with van der Waals surface area (Å²) >= 11 is 0. The minimum Gasteiger partial charge on any atom is -0.414 e. The summed E-state index contributed by atoms with van der Waals surface area (Å²) in [6.07, 6.45) is -1.97. The number of fused-ring (bicyclic) bond motifs is 2. The fraction of sp³-hybridized carbons (Fsp3) is 0.462. The molecule has 4 atom stereocenters. The van der Waals surface area contributed by atoms with E-state index in [9.17, 15) is 0 Å². The largest absolute Gasteiger partial charge is 0.414 e. The highest BCUT2D eigenvalue weighted by molar-refractivity contribution is 6.74. The SMILES string of the molecule is CC1(C)O[C@@H]2[C@H](O1)[C@@H](CO[Si](C)(C)C(C)(C)C)O[C@H]2n1c(C#Cc2ccc(C#Cc3ccc(C(C)(C)C)cc3)cc2)nc2c(N)nc(N)nc21. The van der Waals surface area contributed by atoms with E-state index in [0.29, 0.717) is 23.6 Å². The number of nitrogen functional groups attached to an aromatic ring is 2. The van der Waals surface area contributed by atoms with Gasteiger partial charge >= 0.3 is 0 Å².